The number of aromatic nitrogens is 4. The number of hydrogen-bond donors (Lipinski definition) is 1. The van der Waals surface area contributed by atoms with Crippen LogP contribution in [0.15, 0.2) is 66.6 Å². The average Bonchev–Trinajstić information content (AvgIpc) is 3.16. The molecule has 3 aromatic rings. The van der Waals surface area contributed by atoms with Crippen LogP contribution in [0.2, 0.25) is 0 Å². The average molecular weight is 408 g/mol. The minimum absolute atomic E-state index is 0.0434. The van der Waals surface area contributed by atoms with E-state index in [-0.39, 0.29) is 17.7 Å². The summed E-state index contributed by atoms with van der Waals surface area (Å²) in [5, 5.41) is 12.3. The van der Waals surface area contributed by atoms with Gasteiger partial charge in [-0.25, -0.2) is 0 Å². The number of hydrogen-bond acceptors (Lipinski definition) is 5. The van der Waals surface area contributed by atoms with E-state index in [9.17, 15) is 4.79 Å². The first-order chi connectivity index (χ1) is 14.1. The zero-order chi connectivity index (χ0) is 20.6. The molecule has 1 N–H and O–H groups in total. The van der Waals surface area contributed by atoms with Crippen LogP contribution in [0.1, 0.15) is 31.0 Å². The van der Waals surface area contributed by atoms with Crippen molar-refractivity contribution in [3.63, 3.8) is 0 Å². The number of pyridine rings is 1. The number of amides is 1. The highest BCUT2D eigenvalue weighted by atomic mass is 32.2. The van der Waals surface area contributed by atoms with Crippen LogP contribution in [0, 0.1) is 0 Å². The van der Waals surface area contributed by atoms with E-state index in [2.05, 4.69) is 58.3 Å². The molecule has 6 nitrogen and oxygen atoms in total. The summed E-state index contributed by atoms with van der Waals surface area (Å²) in [6.45, 7) is 8.49. The number of carbonyl (C=O) groups is 1. The highest BCUT2D eigenvalue weighted by Gasteiger charge is 2.16. The molecule has 0 aliphatic carbocycles. The predicted molar refractivity (Wildman–Crippen MR) is 117 cm³/mol. The van der Waals surface area contributed by atoms with Gasteiger partial charge in [-0.05, 0) is 36.6 Å². The van der Waals surface area contributed by atoms with Crippen LogP contribution >= 0.6 is 11.8 Å². The second kappa shape index (κ2) is 10.0. The zero-order valence-corrected chi connectivity index (χ0v) is 17.5. The Balaban J connectivity index is 1.63. The van der Waals surface area contributed by atoms with Crippen LogP contribution in [0.25, 0.3) is 11.4 Å². The molecule has 0 bridgehead atoms. The molecule has 3 rings (SSSR count). The van der Waals surface area contributed by atoms with E-state index in [1.54, 1.807) is 18.5 Å². The molecule has 0 spiro atoms. The SMILES string of the molecule is C=CCn1c(SCC(=O)NC(C)c2ccc(CC)cc2)nnc1-c1cccnc1. The highest BCUT2D eigenvalue weighted by Crippen LogP contribution is 2.23. The summed E-state index contributed by atoms with van der Waals surface area (Å²) in [4.78, 5) is 16.6. The van der Waals surface area contributed by atoms with Crippen LogP contribution in [0.3, 0.4) is 0 Å². The monoisotopic (exact) mass is 407 g/mol. The zero-order valence-electron chi connectivity index (χ0n) is 16.7. The molecule has 1 amide bonds. The molecule has 1 aromatic carbocycles. The summed E-state index contributed by atoms with van der Waals surface area (Å²) in [7, 11) is 0. The predicted octanol–water partition coefficient (Wildman–Crippen LogP) is 4.06. The number of benzene rings is 1. The maximum Gasteiger partial charge on any atom is 0.230 e. The van der Waals surface area contributed by atoms with E-state index in [1.807, 2.05) is 23.6 Å². The topological polar surface area (TPSA) is 72.7 Å². The molecular formula is C22H25N5OS. The Morgan fingerprint density at radius 1 is 1.28 bits per heavy atom. The lowest BCUT2D eigenvalue weighted by molar-refractivity contribution is -0.119. The Morgan fingerprint density at radius 2 is 2.07 bits per heavy atom. The number of nitrogens with zero attached hydrogens (tertiary/aromatic N) is 4. The van der Waals surface area contributed by atoms with Gasteiger partial charge in [0.25, 0.3) is 0 Å². The summed E-state index contributed by atoms with van der Waals surface area (Å²) in [6.07, 6.45) is 6.25. The van der Waals surface area contributed by atoms with Crippen LogP contribution in [-0.4, -0.2) is 31.4 Å². The summed E-state index contributed by atoms with van der Waals surface area (Å²) in [5.41, 5.74) is 3.25. The largest absolute Gasteiger partial charge is 0.349 e. The molecule has 0 aliphatic heterocycles. The number of rotatable bonds is 9. The third kappa shape index (κ3) is 5.32. The molecule has 1 atom stereocenters. The fraction of sp³-hybridized carbons (Fsp3) is 0.273. The van der Waals surface area contributed by atoms with Gasteiger partial charge in [-0.2, -0.15) is 0 Å². The van der Waals surface area contributed by atoms with Crippen LogP contribution < -0.4 is 5.32 Å². The highest BCUT2D eigenvalue weighted by molar-refractivity contribution is 7.99. The van der Waals surface area contributed by atoms with E-state index in [0.29, 0.717) is 17.5 Å². The lowest BCUT2D eigenvalue weighted by Crippen LogP contribution is -2.28. The molecule has 1 unspecified atom stereocenters. The second-order valence-electron chi connectivity index (χ2n) is 6.62. The van der Waals surface area contributed by atoms with Crippen molar-refractivity contribution in [1.82, 2.24) is 25.1 Å². The van der Waals surface area contributed by atoms with Gasteiger partial charge in [0.05, 0.1) is 11.8 Å². The third-order valence-corrected chi connectivity index (χ3v) is 5.51. The number of thioether (sulfide) groups is 1. The first-order valence-electron chi connectivity index (χ1n) is 9.57. The Bertz CT molecular complexity index is 953. The van der Waals surface area contributed by atoms with Gasteiger partial charge in [-0.3, -0.25) is 14.3 Å². The van der Waals surface area contributed by atoms with Crippen LogP contribution in [0.5, 0.6) is 0 Å². The Labute approximate surface area is 175 Å². The molecule has 0 fully saturated rings. The van der Waals surface area contributed by atoms with E-state index in [0.717, 1.165) is 17.5 Å². The molecule has 0 saturated heterocycles. The molecule has 2 heterocycles. The van der Waals surface area contributed by atoms with Crippen LogP contribution in [-0.2, 0) is 17.8 Å². The van der Waals surface area contributed by atoms with Gasteiger partial charge in [0, 0.05) is 24.5 Å². The van der Waals surface area contributed by atoms with Gasteiger partial charge in [-0.15, -0.1) is 16.8 Å². The maximum absolute atomic E-state index is 12.4. The van der Waals surface area contributed by atoms with Crippen molar-refractivity contribution in [3.05, 3.63) is 72.6 Å². The van der Waals surface area contributed by atoms with Crippen LogP contribution in [0.4, 0.5) is 0 Å². The fourth-order valence-corrected chi connectivity index (χ4v) is 3.70. The molecule has 2 aromatic heterocycles. The van der Waals surface area contributed by atoms with Crippen molar-refractivity contribution in [2.45, 2.75) is 38.0 Å². The van der Waals surface area contributed by atoms with Gasteiger partial charge >= 0.3 is 0 Å². The van der Waals surface area contributed by atoms with Gasteiger partial charge in [0.15, 0.2) is 11.0 Å². The summed E-state index contributed by atoms with van der Waals surface area (Å²) < 4.78 is 1.94. The molecule has 0 radical (unpaired) electrons. The second-order valence-corrected chi connectivity index (χ2v) is 7.56. The standard InChI is InChI=1S/C22H25N5OS/c1-4-13-27-21(19-7-6-12-23-14-19)25-26-22(27)29-15-20(28)24-16(3)18-10-8-17(5-2)9-11-18/h4,6-12,14,16H,1,5,13,15H2,2-3H3,(H,24,28). The van der Waals surface area contributed by atoms with Gasteiger partial charge < -0.3 is 5.32 Å². The van der Waals surface area contributed by atoms with Gasteiger partial charge in [0.1, 0.15) is 0 Å². The fourth-order valence-electron chi connectivity index (χ4n) is 2.94. The number of allylic oxidation sites excluding steroid dienone is 1. The van der Waals surface area contributed by atoms with E-state index >= 15 is 0 Å². The molecule has 7 heteroatoms. The summed E-state index contributed by atoms with van der Waals surface area (Å²) in [5.74, 6) is 0.933. The van der Waals surface area contributed by atoms with Crippen molar-refractivity contribution in [2.75, 3.05) is 5.75 Å². The quantitative estimate of drug-likeness (QED) is 0.428. The van der Waals surface area contributed by atoms with E-state index in [4.69, 9.17) is 0 Å². The van der Waals surface area contributed by atoms with Gasteiger partial charge in [-0.1, -0.05) is 49.0 Å². The molecule has 0 saturated carbocycles. The van der Waals surface area contributed by atoms with E-state index < -0.39 is 0 Å². The first-order valence-corrected chi connectivity index (χ1v) is 10.6. The lowest BCUT2D eigenvalue weighted by Gasteiger charge is -2.15. The maximum atomic E-state index is 12.4. The summed E-state index contributed by atoms with van der Waals surface area (Å²) >= 11 is 1.36. The molecular weight excluding hydrogens is 382 g/mol. The van der Waals surface area contributed by atoms with Crippen molar-refractivity contribution in [3.8, 4) is 11.4 Å². The lowest BCUT2D eigenvalue weighted by atomic mass is 10.1. The van der Waals surface area contributed by atoms with Crippen molar-refractivity contribution in [2.24, 2.45) is 0 Å². The Morgan fingerprint density at radius 3 is 2.72 bits per heavy atom. The number of nitrogens with one attached hydrogen (secondary N) is 1. The number of carbonyl (C=O) groups excluding carboxylic acids is 1. The minimum atomic E-state index is -0.0500. The molecule has 29 heavy (non-hydrogen) atoms. The molecule has 150 valence electrons. The summed E-state index contributed by atoms with van der Waals surface area (Å²) in [6, 6.07) is 12.1. The van der Waals surface area contributed by atoms with E-state index in [1.165, 1.54) is 17.3 Å². The smallest absolute Gasteiger partial charge is 0.230 e. The normalized spacial score (nSPS) is 11.8. The Kier molecular flexibility index (Phi) is 7.19. The molecule has 0 aliphatic rings. The van der Waals surface area contributed by atoms with Crippen molar-refractivity contribution >= 4 is 17.7 Å². The number of aryl methyl sites for hydroxylation is 1. The Hall–Kier alpha value is -2.93. The van der Waals surface area contributed by atoms with Crippen molar-refractivity contribution in [1.29, 1.82) is 0 Å². The van der Waals surface area contributed by atoms with Gasteiger partial charge in [0.2, 0.25) is 5.91 Å². The first kappa shape index (κ1) is 20.8. The minimum Gasteiger partial charge on any atom is -0.349 e. The van der Waals surface area contributed by atoms with Crippen molar-refractivity contribution < 1.29 is 4.79 Å². The third-order valence-electron chi connectivity index (χ3n) is 4.55.